The Kier molecular flexibility index (Phi) is 5.44. The molecule has 132 valence electrons. The predicted molar refractivity (Wildman–Crippen MR) is 110 cm³/mol. The molecule has 0 bridgehead atoms. The molecule has 5 heteroatoms. The van der Waals surface area contributed by atoms with Crippen LogP contribution in [0.3, 0.4) is 0 Å². The summed E-state index contributed by atoms with van der Waals surface area (Å²) in [6.45, 7) is 5.58. The van der Waals surface area contributed by atoms with Gasteiger partial charge in [-0.15, -0.1) is 6.58 Å². The van der Waals surface area contributed by atoms with Crippen LogP contribution in [0.15, 0.2) is 59.6 Å². The summed E-state index contributed by atoms with van der Waals surface area (Å²) in [6, 6.07) is 13.3. The van der Waals surface area contributed by atoms with Crippen LogP contribution >= 0.6 is 27.5 Å². The molecule has 1 unspecified atom stereocenters. The number of pyridine rings is 1. The number of aliphatic carboxylic acids is 1. The number of rotatable bonds is 5. The van der Waals surface area contributed by atoms with E-state index in [0.29, 0.717) is 22.7 Å². The van der Waals surface area contributed by atoms with Crippen molar-refractivity contribution in [3.8, 4) is 11.1 Å². The van der Waals surface area contributed by atoms with Gasteiger partial charge >= 0.3 is 5.97 Å². The zero-order valence-corrected chi connectivity index (χ0v) is 16.5. The van der Waals surface area contributed by atoms with Crippen molar-refractivity contribution >= 4 is 44.4 Å². The molecule has 3 rings (SSSR count). The second-order valence-corrected chi connectivity index (χ2v) is 7.42. The molecular weight excluding hydrogens is 414 g/mol. The second-order valence-electron chi connectivity index (χ2n) is 6.07. The van der Waals surface area contributed by atoms with Gasteiger partial charge in [-0.2, -0.15) is 0 Å². The van der Waals surface area contributed by atoms with Crippen LogP contribution in [0.25, 0.3) is 22.0 Å². The standard InChI is InChI=1S/C21H17BrClNO2/c1-3-4-16(21(25)26)19-12(2)24-18-10-7-14(22)11-17(18)20(19)13-5-8-15(23)9-6-13/h3,5-11,16H,1,4H2,2H3,(H,25,26). The van der Waals surface area contributed by atoms with Gasteiger partial charge in [0, 0.05) is 20.6 Å². The molecule has 0 saturated carbocycles. The summed E-state index contributed by atoms with van der Waals surface area (Å²) in [5, 5.41) is 11.4. The number of allylic oxidation sites excluding steroid dienone is 1. The molecule has 1 N–H and O–H groups in total. The molecule has 26 heavy (non-hydrogen) atoms. The second kappa shape index (κ2) is 7.60. The summed E-state index contributed by atoms with van der Waals surface area (Å²) in [6.07, 6.45) is 1.97. The van der Waals surface area contributed by atoms with E-state index in [1.54, 1.807) is 6.08 Å². The number of carboxylic acid groups (broad SMARTS) is 1. The van der Waals surface area contributed by atoms with Gasteiger partial charge in [-0.1, -0.05) is 45.7 Å². The lowest BCUT2D eigenvalue weighted by molar-refractivity contribution is -0.138. The van der Waals surface area contributed by atoms with Gasteiger partial charge in [0.25, 0.3) is 0 Å². The van der Waals surface area contributed by atoms with Crippen molar-refractivity contribution in [2.75, 3.05) is 0 Å². The smallest absolute Gasteiger partial charge is 0.311 e. The first kappa shape index (κ1) is 18.6. The summed E-state index contributed by atoms with van der Waals surface area (Å²) >= 11 is 9.56. The number of aromatic nitrogens is 1. The molecule has 3 nitrogen and oxygen atoms in total. The van der Waals surface area contributed by atoms with E-state index < -0.39 is 11.9 Å². The summed E-state index contributed by atoms with van der Waals surface area (Å²) < 4.78 is 0.910. The van der Waals surface area contributed by atoms with Gasteiger partial charge in [-0.05, 0) is 60.4 Å². The number of benzene rings is 2. The van der Waals surface area contributed by atoms with Crippen molar-refractivity contribution in [3.05, 3.63) is 75.9 Å². The number of nitrogens with zero attached hydrogens (tertiary/aromatic N) is 1. The Balaban J connectivity index is 2.43. The Bertz CT molecular complexity index is 999. The minimum Gasteiger partial charge on any atom is -0.481 e. The van der Waals surface area contributed by atoms with Crippen molar-refractivity contribution in [3.63, 3.8) is 0 Å². The third-order valence-corrected chi connectivity index (χ3v) is 5.10. The predicted octanol–water partition coefficient (Wildman–Crippen LogP) is 6.37. The van der Waals surface area contributed by atoms with Crippen molar-refractivity contribution in [2.24, 2.45) is 0 Å². The average molecular weight is 431 g/mol. The van der Waals surface area contributed by atoms with Crippen LogP contribution < -0.4 is 0 Å². The lowest BCUT2D eigenvalue weighted by Gasteiger charge is -2.20. The monoisotopic (exact) mass is 429 g/mol. The maximum Gasteiger partial charge on any atom is 0.311 e. The highest BCUT2D eigenvalue weighted by atomic mass is 79.9. The lowest BCUT2D eigenvalue weighted by Crippen LogP contribution is -2.15. The molecule has 2 aromatic carbocycles. The van der Waals surface area contributed by atoms with Gasteiger partial charge in [-0.3, -0.25) is 9.78 Å². The first-order chi connectivity index (χ1) is 12.4. The first-order valence-corrected chi connectivity index (χ1v) is 9.29. The van der Waals surface area contributed by atoms with E-state index in [1.165, 1.54) is 0 Å². The average Bonchev–Trinajstić information content (AvgIpc) is 2.60. The molecule has 0 amide bonds. The van der Waals surface area contributed by atoms with E-state index in [9.17, 15) is 9.90 Å². The molecule has 0 radical (unpaired) electrons. The van der Waals surface area contributed by atoms with Crippen LogP contribution in [0.5, 0.6) is 0 Å². The number of carboxylic acids is 1. The maximum absolute atomic E-state index is 12.0. The Morgan fingerprint density at radius 2 is 2.00 bits per heavy atom. The van der Waals surface area contributed by atoms with Crippen LogP contribution in [0.4, 0.5) is 0 Å². The zero-order valence-electron chi connectivity index (χ0n) is 14.2. The Labute approximate surface area is 165 Å². The third-order valence-electron chi connectivity index (χ3n) is 4.36. The SMILES string of the molecule is C=CCC(C(=O)O)c1c(C)nc2ccc(Br)cc2c1-c1ccc(Cl)cc1. The molecule has 1 aromatic heterocycles. The van der Waals surface area contributed by atoms with E-state index in [2.05, 4.69) is 27.5 Å². The molecule has 1 atom stereocenters. The van der Waals surface area contributed by atoms with Gasteiger partial charge in [-0.25, -0.2) is 0 Å². The molecule has 0 aliphatic rings. The van der Waals surface area contributed by atoms with Crippen molar-refractivity contribution in [2.45, 2.75) is 19.3 Å². The number of aryl methyl sites for hydroxylation is 1. The Hall–Kier alpha value is -2.17. The van der Waals surface area contributed by atoms with Crippen LogP contribution in [-0.4, -0.2) is 16.1 Å². The minimum atomic E-state index is -0.889. The Morgan fingerprint density at radius 3 is 2.62 bits per heavy atom. The fourth-order valence-electron chi connectivity index (χ4n) is 3.24. The summed E-state index contributed by atoms with van der Waals surface area (Å²) in [5.74, 6) is -1.60. The number of carbonyl (C=O) groups is 1. The fraction of sp³-hybridized carbons (Fsp3) is 0.143. The van der Waals surface area contributed by atoms with E-state index in [1.807, 2.05) is 49.4 Å². The van der Waals surface area contributed by atoms with Gasteiger partial charge in [0.15, 0.2) is 0 Å². The van der Waals surface area contributed by atoms with Crippen LogP contribution in [0.2, 0.25) is 5.02 Å². The van der Waals surface area contributed by atoms with Crippen LogP contribution in [-0.2, 0) is 4.79 Å². The normalized spacial score (nSPS) is 12.1. The number of halogens is 2. The quantitative estimate of drug-likeness (QED) is 0.478. The molecular formula is C21H17BrClNO2. The summed E-state index contributed by atoms with van der Waals surface area (Å²) in [5.41, 5.74) is 4.03. The van der Waals surface area contributed by atoms with Crippen LogP contribution in [0, 0.1) is 6.92 Å². The highest BCUT2D eigenvalue weighted by Gasteiger charge is 2.26. The minimum absolute atomic E-state index is 0.331. The molecule has 0 aliphatic heterocycles. The molecule has 0 saturated heterocycles. The van der Waals surface area contributed by atoms with E-state index in [0.717, 1.165) is 26.5 Å². The largest absolute Gasteiger partial charge is 0.481 e. The highest BCUT2D eigenvalue weighted by molar-refractivity contribution is 9.10. The van der Waals surface area contributed by atoms with Gasteiger partial charge in [0.1, 0.15) is 0 Å². The molecule has 0 aliphatic carbocycles. The molecule has 1 heterocycles. The zero-order chi connectivity index (χ0) is 18.8. The topological polar surface area (TPSA) is 50.2 Å². The van der Waals surface area contributed by atoms with E-state index in [-0.39, 0.29) is 0 Å². The lowest BCUT2D eigenvalue weighted by atomic mass is 9.85. The third kappa shape index (κ3) is 3.53. The van der Waals surface area contributed by atoms with E-state index in [4.69, 9.17) is 11.6 Å². The van der Waals surface area contributed by atoms with E-state index >= 15 is 0 Å². The van der Waals surface area contributed by atoms with Gasteiger partial charge < -0.3 is 5.11 Å². The van der Waals surface area contributed by atoms with Crippen molar-refractivity contribution in [1.29, 1.82) is 0 Å². The Morgan fingerprint density at radius 1 is 1.31 bits per heavy atom. The highest BCUT2D eigenvalue weighted by Crippen LogP contribution is 2.39. The molecule has 0 spiro atoms. The van der Waals surface area contributed by atoms with Crippen molar-refractivity contribution < 1.29 is 9.90 Å². The maximum atomic E-state index is 12.0. The summed E-state index contributed by atoms with van der Waals surface area (Å²) in [7, 11) is 0. The molecule has 3 aromatic rings. The van der Waals surface area contributed by atoms with Crippen molar-refractivity contribution in [1.82, 2.24) is 4.98 Å². The van der Waals surface area contributed by atoms with Crippen LogP contribution in [0.1, 0.15) is 23.6 Å². The van der Waals surface area contributed by atoms with Gasteiger partial charge in [0.2, 0.25) is 0 Å². The first-order valence-electron chi connectivity index (χ1n) is 8.11. The summed E-state index contributed by atoms with van der Waals surface area (Å²) in [4.78, 5) is 16.6. The number of fused-ring (bicyclic) bond motifs is 1. The number of hydrogen-bond donors (Lipinski definition) is 1. The van der Waals surface area contributed by atoms with Gasteiger partial charge in [0.05, 0.1) is 11.4 Å². The molecule has 0 fully saturated rings. The fourth-order valence-corrected chi connectivity index (χ4v) is 3.72. The number of hydrogen-bond acceptors (Lipinski definition) is 2.